The van der Waals surface area contributed by atoms with Gasteiger partial charge in [0, 0.05) is 19.2 Å². The molecule has 0 atom stereocenters. The Morgan fingerprint density at radius 3 is 2.25 bits per heavy atom. The molecule has 0 aliphatic rings. The summed E-state index contributed by atoms with van der Waals surface area (Å²) in [4.78, 5) is 26.2. The van der Waals surface area contributed by atoms with Crippen molar-refractivity contribution in [1.29, 1.82) is 0 Å². The van der Waals surface area contributed by atoms with Crippen LogP contribution in [0.15, 0.2) is 42.5 Å². The first-order chi connectivity index (χ1) is 17.0. The molecule has 0 unspecified atom stereocenters. The number of amides is 1. The zero-order chi connectivity index (χ0) is 26.9. The topological polar surface area (TPSA) is 69.6 Å². The molecule has 0 aliphatic carbocycles. The molecule has 196 valence electrons. The first kappa shape index (κ1) is 29.2. The summed E-state index contributed by atoms with van der Waals surface area (Å²) in [6, 6.07) is 8.77. The van der Waals surface area contributed by atoms with E-state index in [1.54, 1.807) is 19.1 Å². The highest BCUT2D eigenvalue weighted by Crippen LogP contribution is 2.35. The van der Waals surface area contributed by atoms with Gasteiger partial charge in [-0.3, -0.25) is 4.79 Å². The Morgan fingerprint density at radius 1 is 1.06 bits per heavy atom. The van der Waals surface area contributed by atoms with Crippen molar-refractivity contribution < 1.29 is 27.9 Å². The maximum absolute atomic E-state index is 13.2. The van der Waals surface area contributed by atoms with E-state index in [9.17, 15) is 22.8 Å². The fourth-order valence-corrected chi connectivity index (χ4v) is 3.98. The quantitative estimate of drug-likeness (QED) is 0.283. The molecule has 36 heavy (non-hydrogen) atoms. The lowest BCUT2D eigenvalue weighted by molar-refractivity contribution is -0.137. The van der Waals surface area contributed by atoms with Gasteiger partial charge in [-0.25, -0.2) is 4.79 Å². The summed E-state index contributed by atoms with van der Waals surface area (Å²) in [6.07, 6.45) is 0.0420. The van der Waals surface area contributed by atoms with Crippen molar-refractivity contribution in [2.75, 3.05) is 23.3 Å². The highest BCUT2D eigenvalue weighted by atomic mass is 35.5. The van der Waals surface area contributed by atoms with Crippen molar-refractivity contribution in [2.24, 2.45) is 0 Å². The second-order valence-corrected chi connectivity index (χ2v) is 9.04. The van der Waals surface area contributed by atoms with Crippen molar-refractivity contribution >= 4 is 40.4 Å². The molecule has 2 aromatic carbocycles. The number of benzene rings is 2. The van der Waals surface area contributed by atoms with Gasteiger partial charge >= 0.3 is 12.1 Å². The van der Waals surface area contributed by atoms with Crippen molar-refractivity contribution in [2.45, 2.75) is 59.1 Å². The molecule has 0 spiro atoms. The lowest BCUT2D eigenvalue weighted by Gasteiger charge is -2.28. The van der Waals surface area contributed by atoms with Gasteiger partial charge in [-0.2, -0.15) is 13.2 Å². The van der Waals surface area contributed by atoms with Gasteiger partial charge in [-0.1, -0.05) is 50.4 Å². The number of aliphatic carboxylic acids is 1. The van der Waals surface area contributed by atoms with Gasteiger partial charge in [0.05, 0.1) is 28.4 Å². The van der Waals surface area contributed by atoms with Crippen LogP contribution in [0.2, 0.25) is 5.02 Å². The normalized spacial score (nSPS) is 11.9. The number of carbonyl (C=O) groups is 2. The van der Waals surface area contributed by atoms with Crippen molar-refractivity contribution in [3.8, 4) is 0 Å². The van der Waals surface area contributed by atoms with Gasteiger partial charge in [0.2, 0.25) is 5.91 Å². The molecule has 0 heterocycles. The third-order valence-electron chi connectivity index (χ3n) is 5.67. The van der Waals surface area contributed by atoms with Crippen LogP contribution in [-0.4, -0.2) is 30.1 Å². The molecule has 0 radical (unpaired) electrons. The van der Waals surface area contributed by atoms with Gasteiger partial charge < -0.3 is 15.3 Å². The van der Waals surface area contributed by atoms with E-state index in [1.807, 2.05) is 6.07 Å². The molecule has 0 saturated heterocycles. The minimum absolute atomic E-state index is 0.178. The summed E-state index contributed by atoms with van der Waals surface area (Å²) in [5.41, 5.74) is 1.57. The predicted octanol–water partition coefficient (Wildman–Crippen LogP) is 7.43. The average Bonchev–Trinajstić information content (AvgIpc) is 2.79. The van der Waals surface area contributed by atoms with Crippen LogP contribution in [0.25, 0.3) is 5.57 Å². The van der Waals surface area contributed by atoms with Gasteiger partial charge in [-0.05, 0) is 60.7 Å². The Bertz CT molecular complexity index is 1090. The Balaban J connectivity index is 2.42. The zero-order valence-corrected chi connectivity index (χ0v) is 21.5. The third kappa shape index (κ3) is 8.59. The van der Waals surface area contributed by atoms with Crippen LogP contribution in [0.1, 0.15) is 63.1 Å². The highest BCUT2D eigenvalue weighted by Gasteiger charge is 2.33. The maximum Gasteiger partial charge on any atom is 0.417 e. The number of carboxylic acid groups (broad SMARTS) is 1. The van der Waals surface area contributed by atoms with E-state index < -0.39 is 28.6 Å². The minimum atomic E-state index is -4.63. The number of rotatable bonds is 12. The van der Waals surface area contributed by atoms with Crippen LogP contribution in [0.3, 0.4) is 0 Å². The number of unbranched alkanes of at least 4 members (excludes halogenated alkanes) is 2. The Kier molecular flexibility index (Phi) is 10.8. The van der Waals surface area contributed by atoms with Gasteiger partial charge in [0.25, 0.3) is 0 Å². The molecule has 5 nitrogen and oxygen atoms in total. The zero-order valence-electron chi connectivity index (χ0n) is 20.7. The van der Waals surface area contributed by atoms with Crippen LogP contribution in [0.5, 0.6) is 0 Å². The van der Waals surface area contributed by atoms with Crippen LogP contribution >= 0.6 is 11.6 Å². The summed E-state index contributed by atoms with van der Waals surface area (Å²) in [7, 11) is 0. The molecular formula is C27H32ClF3N2O3. The monoisotopic (exact) mass is 524 g/mol. The average molecular weight is 525 g/mol. The highest BCUT2D eigenvalue weighted by molar-refractivity contribution is 6.31. The molecule has 0 saturated carbocycles. The molecule has 0 aromatic heterocycles. The SMILES string of the molecule is CCCCN(CCCC)c1ccc(/C(C)=C/C(=O)O)cc1NC(=O)Cc1ccc(Cl)c(C(F)(F)F)c1. The summed E-state index contributed by atoms with van der Waals surface area (Å²) < 4.78 is 39.7. The number of carboxylic acids is 1. The summed E-state index contributed by atoms with van der Waals surface area (Å²) in [5, 5.41) is 11.5. The fraction of sp³-hybridized carbons (Fsp3) is 0.407. The molecule has 0 fully saturated rings. The number of hydrogen-bond donors (Lipinski definition) is 2. The second kappa shape index (κ2) is 13.3. The Hall–Kier alpha value is -3.00. The molecule has 2 rings (SSSR count). The van der Waals surface area contributed by atoms with E-state index >= 15 is 0 Å². The number of nitrogens with one attached hydrogen (secondary N) is 1. The van der Waals surface area contributed by atoms with Gasteiger partial charge in [-0.15, -0.1) is 0 Å². The number of allylic oxidation sites excluding steroid dienone is 1. The molecule has 0 bridgehead atoms. The minimum Gasteiger partial charge on any atom is -0.478 e. The summed E-state index contributed by atoms with van der Waals surface area (Å²) >= 11 is 5.70. The fourth-order valence-electron chi connectivity index (χ4n) is 3.76. The van der Waals surface area contributed by atoms with Crippen LogP contribution < -0.4 is 10.2 Å². The molecule has 0 aliphatic heterocycles. The lowest BCUT2D eigenvalue weighted by Crippen LogP contribution is -2.27. The smallest absolute Gasteiger partial charge is 0.417 e. The van der Waals surface area contributed by atoms with E-state index in [1.165, 1.54) is 6.07 Å². The van der Waals surface area contributed by atoms with Crippen LogP contribution in [0, 0.1) is 0 Å². The van der Waals surface area contributed by atoms with Gasteiger partial charge in [0.15, 0.2) is 0 Å². The summed E-state index contributed by atoms with van der Waals surface area (Å²) in [6.45, 7) is 7.38. The standard InChI is InChI=1S/C27H32ClF3N2O3/c1-4-6-12-33(13-7-5-2)24-11-9-20(18(3)14-26(35)36)17-23(24)32-25(34)16-19-8-10-22(28)21(15-19)27(29,30)31/h8-11,14-15,17H,4-7,12-13,16H2,1-3H3,(H,32,34)(H,35,36)/b18-14+. The largest absolute Gasteiger partial charge is 0.478 e. The maximum atomic E-state index is 13.2. The molecule has 1 amide bonds. The molecule has 2 N–H and O–H groups in total. The van der Waals surface area contributed by atoms with E-state index in [-0.39, 0.29) is 12.0 Å². The predicted molar refractivity (Wildman–Crippen MR) is 139 cm³/mol. The van der Waals surface area contributed by atoms with Crippen LogP contribution in [-0.2, 0) is 22.2 Å². The number of alkyl halides is 3. The molecule has 2 aromatic rings. The number of hydrogen-bond acceptors (Lipinski definition) is 3. The van der Waals surface area contributed by atoms with Crippen molar-refractivity contribution in [3.05, 3.63) is 64.2 Å². The van der Waals surface area contributed by atoms with Crippen molar-refractivity contribution in [1.82, 2.24) is 0 Å². The van der Waals surface area contributed by atoms with Crippen LogP contribution in [0.4, 0.5) is 24.5 Å². The van der Waals surface area contributed by atoms with E-state index in [0.717, 1.165) is 62.7 Å². The first-order valence-corrected chi connectivity index (χ1v) is 12.3. The molecular weight excluding hydrogens is 493 g/mol. The molecule has 9 heteroatoms. The second-order valence-electron chi connectivity index (χ2n) is 8.63. The van der Waals surface area contributed by atoms with E-state index in [0.29, 0.717) is 16.8 Å². The van der Waals surface area contributed by atoms with Gasteiger partial charge in [0.1, 0.15) is 0 Å². The number of carbonyl (C=O) groups excluding carboxylic acids is 1. The van der Waals surface area contributed by atoms with E-state index in [4.69, 9.17) is 16.7 Å². The Morgan fingerprint density at radius 2 is 1.69 bits per heavy atom. The first-order valence-electron chi connectivity index (χ1n) is 11.9. The number of anilines is 2. The summed E-state index contributed by atoms with van der Waals surface area (Å²) in [5.74, 6) is -1.58. The Labute approximate surface area is 214 Å². The van der Waals surface area contributed by atoms with Crippen molar-refractivity contribution in [3.63, 3.8) is 0 Å². The van der Waals surface area contributed by atoms with E-state index in [2.05, 4.69) is 24.1 Å². The third-order valence-corrected chi connectivity index (χ3v) is 6.00. The number of nitrogens with zero attached hydrogens (tertiary/aromatic N) is 1. The number of halogens is 4. The lowest BCUT2D eigenvalue weighted by atomic mass is 10.0.